The lowest BCUT2D eigenvalue weighted by Gasteiger charge is -2.35. The molecule has 1 aliphatic carbocycles. The minimum atomic E-state index is -0.582. The van der Waals surface area contributed by atoms with E-state index in [1.165, 1.54) is 0 Å². The number of hydrogen-bond acceptors (Lipinski definition) is 5. The molecule has 154 valence electrons. The van der Waals surface area contributed by atoms with E-state index in [1.807, 2.05) is 17.0 Å². The van der Waals surface area contributed by atoms with E-state index in [2.05, 4.69) is 22.2 Å². The number of aliphatic hydroxyl groups excluding tert-OH is 1. The average Bonchev–Trinajstić information content (AvgIpc) is 2.93. The minimum absolute atomic E-state index is 0.0857. The van der Waals surface area contributed by atoms with Gasteiger partial charge in [0.05, 0.1) is 12.1 Å². The Labute approximate surface area is 167 Å². The molecular formula is C21H32N4O3. The Balaban J connectivity index is 1.50. The van der Waals surface area contributed by atoms with E-state index in [0.29, 0.717) is 32.1 Å². The third kappa shape index (κ3) is 5.75. The van der Waals surface area contributed by atoms with Gasteiger partial charge in [-0.1, -0.05) is 6.07 Å². The summed E-state index contributed by atoms with van der Waals surface area (Å²) < 4.78 is 0. The van der Waals surface area contributed by atoms with Crippen LogP contribution in [0.4, 0.5) is 0 Å². The summed E-state index contributed by atoms with van der Waals surface area (Å²) in [7, 11) is 2.09. The van der Waals surface area contributed by atoms with Crippen LogP contribution in [0.15, 0.2) is 24.5 Å². The predicted molar refractivity (Wildman–Crippen MR) is 107 cm³/mol. The molecule has 2 heterocycles. The van der Waals surface area contributed by atoms with Gasteiger partial charge in [0.1, 0.15) is 0 Å². The first-order chi connectivity index (χ1) is 13.5. The molecule has 28 heavy (non-hydrogen) atoms. The summed E-state index contributed by atoms with van der Waals surface area (Å²) in [5.74, 6) is -0.0235. The first-order valence-electron chi connectivity index (χ1n) is 10.4. The highest BCUT2D eigenvalue weighted by atomic mass is 16.3. The van der Waals surface area contributed by atoms with Crippen LogP contribution < -0.4 is 5.32 Å². The zero-order chi connectivity index (χ0) is 19.9. The fourth-order valence-corrected chi connectivity index (χ4v) is 4.14. The Morgan fingerprint density at radius 3 is 2.89 bits per heavy atom. The van der Waals surface area contributed by atoms with Gasteiger partial charge in [0.2, 0.25) is 11.8 Å². The first kappa shape index (κ1) is 20.7. The molecule has 7 nitrogen and oxygen atoms in total. The molecule has 1 aromatic heterocycles. The van der Waals surface area contributed by atoms with Gasteiger partial charge >= 0.3 is 0 Å². The summed E-state index contributed by atoms with van der Waals surface area (Å²) in [6.45, 7) is 3.47. The maximum absolute atomic E-state index is 13.0. The van der Waals surface area contributed by atoms with E-state index < -0.39 is 6.10 Å². The van der Waals surface area contributed by atoms with Crippen LogP contribution in [0, 0.1) is 5.92 Å². The molecule has 0 bridgehead atoms. The SMILES string of the molecule is CN1CCCN(C(=O)[C@H]2CC[C@@H](O)[C@H](NC(=O)CCc3cccnc3)C2)CC1. The zero-order valence-corrected chi connectivity index (χ0v) is 16.7. The monoisotopic (exact) mass is 388 g/mol. The molecule has 2 fully saturated rings. The Hall–Kier alpha value is -1.99. The van der Waals surface area contributed by atoms with Crippen LogP contribution in [0.1, 0.15) is 37.7 Å². The van der Waals surface area contributed by atoms with Crippen molar-refractivity contribution in [2.24, 2.45) is 5.92 Å². The number of aliphatic hydroxyl groups is 1. The van der Waals surface area contributed by atoms with Gasteiger partial charge in [0, 0.05) is 44.4 Å². The molecule has 0 aromatic carbocycles. The van der Waals surface area contributed by atoms with Crippen molar-refractivity contribution < 1.29 is 14.7 Å². The normalized spacial score (nSPS) is 26.5. The van der Waals surface area contributed by atoms with Gasteiger partial charge in [-0.2, -0.15) is 0 Å². The fraction of sp³-hybridized carbons (Fsp3) is 0.667. The summed E-state index contributed by atoms with van der Waals surface area (Å²) in [6.07, 6.45) is 6.61. The lowest BCUT2D eigenvalue weighted by atomic mass is 9.82. The molecule has 0 radical (unpaired) electrons. The maximum Gasteiger partial charge on any atom is 0.225 e. The van der Waals surface area contributed by atoms with Crippen LogP contribution in [0.25, 0.3) is 0 Å². The van der Waals surface area contributed by atoms with Gasteiger partial charge in [0.15, 0.2) is 0 Å². The molecular weight excluding hydrogens is 356 g/mol. The predicted octanol–water partition coefficient (Wildman–Crippen LogP) is 0.824. The topological polar surface area (TPSA) is 85.8 Å². The van der Waals surface area contributed by atoms with E-state index in [0.717, 1.165) is 38.2 Å². The highest BCUT2D eigenvalue weighted by Crippen LogP contribution is 2.27. The highest BCUT2D eigenvalue weighted by molar-refractivity contribution is 5.80. The lowest BCUT2D eigenvalue weighted by Crippen LogP contribution is -2.50. The molecule has 1 aromatic rings. The van der Waals surface area contributed by atoms with Crippen LogP contribution in [0.3, 0.4) is 0 Å². The molecule has 7 heteroatoms. The van der Waals surface area contributed by atoms with Crippen molar-refractivity contribution in [1.82, 2.24) is 20.1 Å². The fourth-order valence-electron chi connectivity index (χ4n) is 4.14. The second-order valence-electron chi connectivity index (χ2n) is 8.09. The first-order valence-corrected chi connectivity index (χ1v) is 10.4. The maximum atomic E-state index is 13.0. The summed E-state index contributed by atoms with van der Waals surface area (Å²) in [5.41, 5.74) is 1.01. The molecule has 2 aliphatic rings. The van der Waals surface area contributed by atoms with Crippen LogP contribution in [0.5, 0.6) is 0 Å². The summed E-state index contributed by atoms with van der Waals surface area (Å²) >= 11 is 0. The molecule has 2 N–H and O–H groups in total. The molecule has 3 rings (SSSR count). The summed E-state index contributed by atoms with van der Waals surface area (Å²) in [5, 5.41) is 13.3. The highest BCUT2D eigenvalue weighted by Gasteiger charge is 2.35. The Morgan fingerprint density at radius 2 is 2.11 bits per heavy atom. The van der Waals surface area contributed by atoms with Gasteiger partial charge in [-0.25, -0.2) is 0 Å². The minimum Gasteiger partial charge on any atom is -0.391 e. The van der Waals surface area contributed by atoms with Crippen molar-refractivity contribution in [3.63, 3.8) is 0 Å². The van der Waals surface area contributed by atoms with E-state index in [9.17, 15) is 14.7 Å². The van der Waals surface area contributed by atoms with E-state index >= 15 is 0 Å². The van der Waals surface area contributed by atoms with Gasteiger partial charge in [-0.3, -0.25) is 14.6 Å². The Kier molecular flexibility index (Phi) is 7.39. The molecule has 0 spiro atoms. The molecule has 1 saturated heterocycles. The van der Waals surface area contributed by atoms with Crippen molar-refractivity contribution in [1.29, 1.82) is 0 Å². The standard InChI is InChI=1S/C21H32N4O3/c1-24-10-3-11-25(13-12-24)21(28)17-6-7-19(26)18(14-17)23-20(27)8-5-16-4-2-9-22-15-16/h2,4,9,15,17-19,26H,3,5-8,10-14H2,1H3,(H,23,27)/t17-,18+,19+/m0/s1. The number of amides is 2. The van der Waals surface area contributed by atoms with Crippen molar-refractivity contribution in [3.8, 4) is 0 Å². The van der Waals surface area contributed by atoms with E-state index in [1.54, 1.807) is 12.4 Å². The van der Waals surface area contributed by atoms with Gasteiger partial charge in [0.25, 0.3) is 0 Å². The second-order valence-corrected chi connectivity index (χ2v) is 8.09. The van der Waals surface area contributed by atoms with Gasteiger partial charge < -0.3 is 20.2 Å². The molecule has 1 aliphatic heterocycles. The van der Waals surface area contributed by atoms with E-state index in [-0.39, 0.29) is 23.8 Å². The molecule has 3 atom stereocenters. The number of aryl methyl sites for hydroxylation is 1. The zero-order valence-electron chi connectivity index (χ0n) is 16.7. The van der Waals surface area contributed by atoms with E-state index in [4.69, 9.17) is 0 Å². The van der Waals surface area contributed by atoms with Crippen LogP contribution in [-0.2, 0) is 16.0 Å². The second kappa shape index (κ2) is 9.98. The van der Waals surface area contributed by atoms with Crippen LogP contribution in [0.2, 0.25) is 0 Å². The largest absolute Gasteiger partial charge is 0.391 e. The average molecular weight is 389 g/mol. The van der Waals surface area contributed by atoms with Crippen molar-refractivity contribution in [2.75, 3.05) is 33.2 Å². The molecule has 0 unspecified atom stereocenters. The van der Waals surface area contributed by atoms with Gasteiger partial charge in [-0.05, 0) is 57.3 Å². The number of carbonyl (C=O) groups is 2. The number of aromatic nitrogens is 1. The number of nitrogens with zero attached hydrogens (tertiary/aromatic N) is 3. The quantitative estimate of drug-likeness (QED) is 0.780. The lowest BCUT2D eigenvalue weighted by molar-refractivity contribution is -0.138. The van der Waals surface area contributed by atoms with Crippen molar-refractivity contribution >= 4 is 11.8 Å². The number of hydrogen-bond donors (Lipinski definition) is 2. The molecule has 1 saturated carbocycles. The number of carbonyl (C=O) groups excluding carboxylic acids is 2. The van der Waals surface area contributed by atoms with Crippen LogP contribution in [-0.4, -0.2) is 77.1 Å². The number of likely N-dealkylation sites (N-methyl/N-ethyl adjacent to an activating group) is 1. The number of rotatable bonds is 5. The number of pyridine rings is 1. The summed E-state index contributed by atoms with van der Waals surface area (Å²) in [6, 6.07) is 3.46. The van der Waals surface area contributed by atoms with Crippen molar-refractivity contribution in [2.45, 2.75) is 50.7 Å². The van der Waals surface area contributed by atoms with Crippen LogP contribution >= 0.6 is 0 Å². The smallest absolute Gasteiger partial charge is 0.225 e. The van der Waals surface area contributed by atoms with Crippen molar-refractivity contribution in [3.05, 3.63) is 30.1 Å². The number of nitrogens with one attached hydrogen (secondary N) is 1. The molecule has 2 amide bonds. The van der Waals surface area contributed by atoms with Gasteiger partial charge in [-0.15, -0.1) is 0 Å². The Bertz CT molecular complexity index is 654. The third-order valence-corrected chi connectivity index (χ3v) is 5.90. The third-order valence-electron chi connectivity index (χ3n) is 5.90. The summed E-state index contributed by atoms with van der Waals surface area (Å²) in [4.78, 5) is 33.6. The Morgan fingerprint density at radius 1 is 1.25 bits per heavy atom.